The van der Waals surface area contributed by atoms with Crippen LogP contribution in [0.4, 0.5) is 4.79 Å². The number of aliphatic carboxylic acids is 1. The van der Waals surface area contributed by atoms with Crippen molar-refractivity contribution in [3.8, 4) is 0 Å². The minimum absolute atomic E-state index is 0.0636. The summed E-state index contributed by atoms with van der Waals surface area (Å²) >= 11 is 0. The van der Waals surface area contributed by atoms with Gasteiger partial charge in [0.1, 0.15) is 6.04 Å². The summed E-state index contributed by atoms with van der Waals surface area (Å²) in [6, 6.07) is -1.42. The van der Waals surface area contributed by atoms with Crippen LogP contribution >= 0.6 is 0 Å². The Morgan fingerprint density at radius 3 is 2.33 bits per heavy atom. The first-order valence-corrected chi connectivity index (χ1v) is 7.66. The molecule has 0 spiro atoms. The summed E-state index contributed by atoms with van der Waals surface area (Å²) in [7, 11) is -3.04. The molecule has 0 unspecified atom stereocenters. The van der Waals surface area contributed by atoms with Gasteiger partial charge in [0, 0.05) is 13.1 Å². The van der Waals surface area contributed by atoms with Crippen LogP contribution in [0, 0.1) is 0 Å². The summed E-state index contributed by atoms with van der Waals surface area (Å²) in [5, 5.41) is 11.3. The molecule has 2 amide bonds. The maximum Gasteiger partial charge on any atom is 0.326 e. The van der Waals surface area contributed by atoms with E-state index in [1.807, 2.05) is 6.92 Å². The third-order valence-electron chi connectivity index (χ3n) is 2.80. The zero-order valence-electron chi connectivity index (χ0n) is 10.3. The molecule has 18 heavy (non-hydrogen) atoms. The summed E-state index contributed by atoms with van der Waals surface area (Å²) in [6.07, 6.45) is 0.999. The van der Waals surface area contributed by atoms with Crippen molar-refractivity contribution in [3.63, 3.8) is 0 Å². The van der Waals surface area contributed by atoms with Crippen molar-refractivity contribution in [2.24, 2.45) is 0 Å². The van der Waals surface area contributed by atoms with E-state index in [0.717, 1.165) is 0 Å². The van der Waals surface area contributed by atoms with E-state index in [-0.39, 0.29) is 24.6 Å². The van der Waals surface area contributed by atoms with Crippen molar-refractivity contribution in [3.05, 3.63) is 0 Å². The monoisotopic (exact) mass is 278 g/mol. The Bertz CT molecular complexity index is 406. The molecule has 1 heterocycles. The van der Waals surface area contributed by atoms with E-state index in [1.165, 1.54) is 4.90 Å². The maximum absolute atomic E-state index is 11.8. The van der Waals surface area contributed by atoms with Gasteiger partial charge in [0.05, 0.1) is 11.5 Å². The van der Waals surface area contributed by atoms with Gasteiger partial charge in [-0.15, -0.1) is 0 Å². The fourth-order valence-electron chi connectivity index (χ4n) is 1.70. The molecule has 0 aromatic rings. The lowest BCUT2D eigenvalue weighted by molar-refractivity contribution is -0.139. The predicted octanol–water partition coefficient (Wildman–Crippen LogP) is -0.320. The van der Waals surface area contributed by atoms with Gasteiger partial charge in [0.2, 0.25) is 0 Å². The molecule has 0 aromatic heterocycles. The SMILES string of the molecule is CCC[C@H](NC(=O)N1CCS(=O)(=O)CC1)C(=O)O. The van der Waals surface area contributed by atoms with Gasteiger partial charge in [-0.3, -0.25) is 0 Å². The Morgan fingerprint density at radius 1 is 1.33 bits per heavy atom. The second-order valence-electron chi connectivity index (χ2n) is 4.27. The molecule has 1 aliphatic heterocycles. The van der Waals surface area contributed by atoms with Gasteiger partial charge in [0.15, 0.2) is 9.84 Å². The number of nitrogens with zero attached hydrogens (tertiary/aromatic N) is 1. The molecule has 1 fully saturated rings. The van der Waals surface area contributed by atoms with Crippen LogP contribution in [0.25, 0.3) is 0 Å². The third kappa shape index (κ3) is 4.17. The normalized spacial score (nSPS) is 20.2. The van der Waals surface area contributed by atoms with Crippen molar-refractivity contribution in [1.29, 1.82) is 0 Å². The molecule has 1 rings (SSSR count). The van der Waals surface area contributed by atoms with Gasteiger partial charge in [-0.1, -0.05) is 13.3 Å². The molecule has 8 heteroatoms. The minimum Gasteiger partial charge on any atom is -0.480 e. The number of nitrogens with one attached hydrogen (secondary N) is 1. The van der Waals surface area contributed by atoms with Gasteiger partial charge >= 0.3 is 12.0 Å². The largest absolute Gasteiger partial charge is 0.480 e. The highest BCUT2D eigenvalue weighted by Gasteiger charge is 2.27. The quantitative estimate of drug-likeness (QED) is 0.733. The van der Waals surface area contributed by atoms with Crippen molar-refractivity contribution in [2.45, 2.75) is 25.8 Å². The first-order chi connectivity index (χ1) is 8.35. The van der Waals surface area contributed by atoms with Crippen molar-refractivity contribution < 1.29 is 23.1 Å². The first kappa shape index (κ1) is 14.7. The summed E-state index contributed by atoms with van der Waals surface area (Å²) < 4.78 is 22.4. The second kappa shape index (κ2) is 6.03. The molecule has 2 N–H and O–H groups in total. The summed E-state index contributed by atoms with van der Waals surface area (Å²) in [6.45, 7) is 2.06. The molecule has 0 aromatic carbocycles. The van der Waals surface area contributed by atoms with E-state index in [4.69, 9.17) is 5.11 Å². The Hall–Kier alpha value is -1.31. The Balaban J connectivity index is 2.52. The Labute approximate surface area is 106 Å². The van der Waals surface area contributed by atoms with Crippen LogP contribution < -0.4 is 5.32 Å². The number of hydrogen-bond acceptors (Lipinski definition) is 4. The second-order valence-corrected chi connectivity index (χ2v) is 6.57. The highest BCUT2D eigenvalue weighted by molar-refractivity contribution is 7.91. The zero-order chi connectivity index (χ0) is 13.8. The number of rotatable bonds is 4. The number of carbonyl (C=O) groups is 2. The average molecular weight is 278 g/mol. The molecule has 0 saturated carbocycles. The predicted molar refractivity (Wildman–Crippen MR) is 65.1 cm³/mol. The number of urea groups is 1. The van der Waals surface area contributed by atoms with Crippen molar-refractivity contribution >= 4 is 21.8 Å². The van der Waals surface area contributed by atoms with Crippen LogP contribution in [0.1, 0.15) is 19.8 Å². The fraction of sp³-hybridized carbons (Fsp3) is 0.800. The Morgan fingerprint density at radius 2 is 1.89 bits per heavy atom. The molecule has 1 saturated heterocycles. The minimum atomic E-state index is -3.04. The molecule has 1 aliphatic rings. The van der Waals surface area contributed by atoms with E-state index >= 15 is 0 Å². The first-order valence-electron chi connectivity index (χ1n) is 5.84. The molecule has 0 radical (unpaired) electrons. The molecule has 7 nitrogen and oxygen atoms in total. The number of carbonyl (C=O) groups excluding carboxylic acids is 1. The lowest BCUT2D eigenvalue weighted by Crippen LogP contribution is -2.52. The van der Waals surface area contributed by atoms with Crippen LogP contribution in [0.15, 0.2) is 0 Å². The van der Waals surface area contributed by atoms with E-state index in [2.05, 4.69) is 5.32 Å². The molecule has 1 atom stereocenters. The van der Waals surface area contributed by atoms with Gasteiger partial charge in [-0.2, -0.15) is 0 Å². The third-order valence-corrected chi connectivity index (χ3v) is 4.41. The maximum atomic E-state index is 11.8. The molecular formula is C10H18N2O5S. The van der Waals surface area contributed by atoms with E-state index in [9.17, 15) is 18.0 Å². The summed E-state index contributed by atoms with van der Waals surface area (Å²) in [5.41, 5.74) is 0. The van der Waals surface area contributed by atoms with Crippen LogP contribution in [-0.2, 0) is 14.6 Å². The number of carboxylic acid groups (broad SMARTS) is 1. The van der Waals surface area contributed by atoms with Gasteiger partial charge in [-0.25, -0.2) is 18.0 Å². The number of hydrogen-bond donors (Lipinski definition) is 2. The van der Waals surface area contributed by atoms with Crippen LogP contribution in [0.5, 0.6) is 0 Å². The van der Waals surface area contributed by atoms with Gasteiger partial charge in [-0.05, 0) is 6.42 Å². The topological polar surface area (TPSA) is 104 Å². The summed E-state index contributed by atoms with van der Waals surface area (Å²) in [5.74, 6) is -1.20. The van der Waals surface area contributed by atoms with E-state index in [1.54, 1.807) is 0 Å². The van der Waals surface area contributed by atoms with E-state index in [0.29, 0.717) is 12.8 Å². The number of sulfone groups is 1. The molecular weight excluding hydrogens is 260 g/mol. The Kier molecular flexibility index (Phi) is 4.94. The van der Waals surface area contributed by atoms with Crippen LogP contribution in [-0.4, -0.2) is 61.1 Å². The standard InChI is InChI=1S/C10H18N2O5S/c1-2-3-8(9(13)14)11-10(15)12-4-6-18(16,17)7-5-12/h8H,2-7H2,1H3,(H,11,15)(H,13,14)/t8-/m0/s1. The van der Waals surface area contributed by atoms with Gasteiger partial charge in [0.25, 0.3) is 0 Å². The smallest absolute Gasteiger partial charge is 0.326 e. The van der Waals surface area contributed by atoms with Crippen molar-refractivity contribution in [1.82, 2.24) is 10.2 Å². The van der Waals surface area contributed by atoms with Crippen LogP contribution in [0.2, 0.25) is 0 Å². The fourth-order valence-corrected chi connectivity index (χ4v) is 2.90. The molecule has 0 aliphatic carbocycles. The lowest BCUT2D eigenvalue weighted by atomic mass is 10.2. The molecule has 0 bridgehead atoms. The lowest BCUT2D eigenvalue weighted by Gasteiger charge is -2.28. The molecule has 104 valence electrons. The average Bonchev–Trinajstić information content (AvgIpc) is 2.28. The van der Waals surface area contributed by atoms with Gasteiger partial charge < -0.3 is 15.3 Å². The number of carboxylic acids is 1. The summed E-state index contributed by atoms with van der Waals surface area (Å²) in [4.78, 5) is 24.0. The van der Waals surface area contributed by atoms with E-state index < -0.39 is 27.9 Å². The van der Waals surface area contributed by atoms with Crippen LogP contribution in [0.3, 0.4) is 0 Å². The van der Waals surface area contributed by atoms with Crippen molar-refractivity contribution in [2.75, 3.05) is 24.6 Å². The number of amides is 2. The highest BCUT2D eigenvalue weighted by Crippen LogP contribution is 2.05. The highest BCUT2D eigenvalue weighted by atomic mass is 32.2. The zero-order valence-corrected chi connectivity index (χ0v) is 11.1.